The number of benzene rings is 1. The van der Waals surface area contributed by atoms with Crippen LogP contribution in [0.2, 0.25) is 0 Å². The standard InChI is InChI=1S/C16H16F3N3OS/c17-16(18,19)11-5-3-10(4-6-11)13-9-24-14(22-13)8-21-15(23)12-2-1-7-20-12/h3-6,9,12,20H,1-2,7-8H2,(H,21,23)/t12-/m0/s1. The van der Waals surface area contributed by atoms with Gasteiger partial charge in [-0.05, 0) is 31.5 Å². The fraction of sp³-hybridized carbons (Fsp3) is 0.375. The van der Waals surface area contributed by atoms with Gasteiger partial charge in [-0.1, -0.05) is 12.1 Å². The minimum atomic E-state index is -4.34. The van der Waals surface area contributed by atoms with Crippen LogP contribution in [0.25, 0.3) is 11.3 Å². The molecule has 1 saturated heterocycles. The van der Waals surface area contributed by atoms with Crippen LogP contribution in [0.4, 0.5) is 13.2 Å². The van der Waals surface area contributed by atoms with E-state index in [0.717, 1.165) is 36.5 Å². The minimum absolute atomic E-state index is 0.0428. The summed E-state index contributed by atoms with van der Waals surface area (Å²) in [5.74, 6) is -0.0428. The van der Waals surface area contributed by atoms with Crippen molar-refractivity contribution in [2.45, 2.75) is 31.6 Å². The lowest BCUT2D eigenvalue weighted by molar-refractivity contribution is -0.137. The molecule has 0 bridgehead atoms. The third kappa shape index (κ3) is 3.93. The zero-order valence-electron chi connectivity index (χ0n) is 12.7. The summed E-state index contributed by atoms with van der Waals surface area (Å²) in [7, 11) is 0. The van der Waals surface area contributed by atoms with E-state index in [2.05, 4.69) is 15.6 Å². The van der Waals surface area contributed by atoms with Gasteiger partial charge in [-0.2, -0.15) is 13.2 Å². The van der Waals surface area contributed by atoms with Gasteiger partial charge in [0.2, 0.25) is 5.91 Å². The van der Waals surface area contributed by atoms with Crippen LogP contribution in [-0.4, -0.2) is 23.5 Å². The maximum absolute atomic E-state index is 12.6. The number of aromatic nitrogens is 1. The lowest BCUT2D eigenvalue weighted by atomic mass is 10.1. The monoisotopic (exact) mass is 355 g/mol. The summed E-state index contributed by atoms with van der Waals surface area (Å²) >= 11 is 1.37. The normalized spacial score (nSPS) is 17.9. The SMILES string of the molecule is O=C(NCc1nc(-c2ccc(C(F)(F)F)cc2)cs1)[C@@H]1CCCN1. The van der Waals surface area contributed by atoms with Gasteiger partial charge in [0.15, 0.2) is 0 Å². The van der Waals surface area contributed by atoms with Crippen LogP contribution >= 0.6 is 11.3 Å². The molecule has 2 aromatic rings. The molecule has 1 aromatic carbocycles. The van der Waals surface area contributed by atoms with Crippen molar-refractivity contribution in [2.24, 2.45) is 0 Å². The lowest BCUT2D eigenvalue weighted by Gasteiger charge is -2.09. The van der Waals surface area contributed by atoms with Crippen LogP contribution in [-0.2, 0) is 17.5 Å². The number of hydrogen-bond donors (Lipinski definition) is 2. The van der Waals surface area contributed by atoms with E-state index in [0.29, 0.717) is 17.8 Å². The number of nitrogens with one attached hydrogen (secondary N) is 2. The van der Waals surface area contributed by atoms with Gasteiger partial charge in [-0.25, -0.2) is 4.98 Å². The molecule has 0 unspecified atom stereocenters. The van der Waals surface area contributed by atoms with Crippen LogP contribution in [0, 0.1) is 0 Å². The Labute approximate surface area is 141 Å². The molecule has 1 atom stereocenters. The quantitative estimate of drug-likeness (QED) is 0.886. The highest BCUT2D eigenvalue weighted by molar-refractivity contribution is 7.09. The summed E-state index contributed by atoms with van der Waals surface area (Å²) in [5.41, 5.74) is 0.546. The molecule has 1 fully saturated rings. The minimum Gasteiger partial charge on any atom is -0.348 e. The second-order valence-electron chi connectivity index (χ2n) is 5.57. The number of thiazole rings is 1. The van der Waals surface area contributed by atoms with Crippen LogP contribution in [0.15, 0.2) is 29.6 Å². The average Bonchev–Trinajstić information content (AvgIpc) is 3.23. The van der Waals surface area contributed by atoms with E-state index in [4.69, 9.17) is 0 Å². The molecule has 3 rings (SSSR count). The van der Waals surface area contributed by atoms with Crippen molar-refractivity contribution in [3.63, 3.8) is 0 Å². The topological polar surface area (TPSA) is 54.0 Å². The Hall–Kier alpha value is -1.93. The Morgan fingerprint density at radius 3 is 2.71 bits per heavy atom. The first-order chi connectivity index (χ1) is 11.4. The predicted octanol–water partition coefficient (Wildman–Crippen LogP) is 3.20. The maximum Gasteiger partial charge on any atom is 0.416 e. The van der Waals surface area contributed by atoms with Crippen LogP contribution in [0.1, 0.15) is 23.4 Å². The molecule has 1 aliphatic rings. The smallest absolute Gasteiger partial charge is 0.348 e. The van der Waals surface area contributed by atoms with Gasteiger partial charge < -0.3 is 10.6 Å². The highest BCUT2D eigenvalue weighted by Gasteiger charge is 2.30. The molecular weight excluding hydrogens is 339 g/mol. The highest BCUT2D eigenvalue weighted by Crippen LogP contribution is 2.31. The number of halogens is 3. The predicted molar refractivity (Wildman–Crippen MR) is 85.4 cm³/mol. The first kappa shape index (κ1) is 16.9. The zero-order valence-corrected chi connectivity index (χ0v) is 13.5. The fourth-order valence-electron chi connectivity index (χ4n) is 2.55. The number of carbonyl (C=O) groups is 1. The molecule has 24 heavy (non-hydrogen) atoms. The number of hydrogen-bond acceptors (Lipinski definition) is 4. The van der Waals surface area contributed by atoms with Crippen LogP contribution in [0.3, 0.4) is 0 Å². The number of amides is 1. The van der Waals surface area contributed by atoms with Gasteiger partial charge in [0.05, 0.1) is 23.8 Å². The summed E-state index contributed by atoms with van der Waals surface area (Å²) in [6.07, 6.45) is -2.52. The van der Waals surface area contributed by atoms with E-state index in [1.165, 1.54) is 23.5 Å². The van der Waals surface area contributed by atoms with Crippen LogP contribution in [0.5, 0.6) is 0 Å². The highest BCUT2D eigenvalue weighted by atomic mass is 32.1. The Morgan fingerprint density at radius 2 is 2.08 bits per heavy atom. The molecule has 128 valence electrons. The van der Waals surface area contributed by atoms with Crippen molar-refractivity contribution in [2.75, 3.05) is 6.54 Å². The average molecular weight is 355 g/mol. The number of rotatable bonds is 4. The molecule has 1 aliphatic heterocycles. The summed E-state index contributed by atoms with van der Waals surface area (Å²) in [5, 5.41) is 8.45. The van der Waals surface area contributed by atoms with E-state index < -0.39 is 11.7 Å². The van der Waals surface area contributed by atoms with E-state index >= 15 is 0 Å². The molecule has 8 heteroatoms. The van der Waals surface area contributed by atoms with Crippen molar-refractivity contribution < 1.29 is 18.0 Å². The Kier molecular flexibility index (Phi) is 4.86. The van der Waals surface area contributed by atoms with Crippen molar-refractivity contribution in [3.05, 3.63) is 40.2 Å². The molecule has 2 heterocycles. The summed E-state index contributed by atoms with van der Waals surface area (Å²) < 4.78 is 37.7. The molecule has 1 aromatic heterocycles. The van der Waals surface area contributed by atoms with E-state index in [-0.39, 0.29) is 11.9 Å². The lowest BCUT2D eigenvalue weighted by Crippen LogP contribution is -2.39. The number of alkyl halides is 3. The van der Waals surface area contributed by atoms with Crippen molar-refractivity contribution in [3.8, 4) is 11.3 Å². The van der Waals surface area contributed by atoms with Gasteiger partial charge in [0.1, 0.15) is 5.01 Å². The first-order valence-corrected chi connectivity index (χ1v) is 8.44. The number of nitrogens with zero attached hydrogens (tertiary/aromatic N) is 1. The van der Waals surface area contributed by atoms with Crippen molar-refractivity contribution in [1.82, 2.24) is 15.6 Å². The second-order valence-corrected chi connectivity index (χ2v) is 6.51. The molecule has 0 aliphatic carbocycles. The molecule has 4 nitrogen and oxygen atoms in total. The van der Waals surface area contributed by atoms with Gasteiger partial charge in [-0.15, -0.1) is 11.3 Å². The molecular formula is C16H16F3N3OS. The van der Waals surface area contributed by atoms with Crippen molar-refractivity contribution in [1.29, 1.82) is 0 Å². The number of carbonyl (C=O) groups excluding carboxylic acids is 1. The Balaban J connectivity index is 1.61. The van der Waals surface area contributed by atoms with E-state index in [1.807, 2.05) is 0 Å². The van der Waals surface area contributed by atoms with E-state index in [9.17, 15) is 18.0 Å². The second kappa shape index (κ2) is 6.90. The van der Waals surface area contributed by atoms with Gasteiger partial charge in [0, 0.05) is 10.9 Å². The first-order valence-electron chi connectivity index (χ1n) is 7.56. The Bertz CT molecular complexity index is 706. The molecule has 1 amide bonds. The molecule has 0 radical (unpaired) electrons. The molecule has 0 spiro atoms. The maximum atomic E-state index is 12.6. The third-order valence-corrected chi connectivity index (χ3v) is 4.70. The summed E-state index contributed by atoms with van der Waals surface area (Å²) in [4.78, 5) is 16.3. The summed E-state index contributed by atoms with van der Waals surface area (Å²) in [6, 6.07) is 4.76. The Morgan fingerprint density at radius 1 is 1.33 bits per heavy atom. The van der Waals surface area contributed by atoms with Gasteiger partial charge in [-0.3, -0.25) is 4.79 Å². The molecule has 2 N–H and O–H groups in total. The van der Waals surface area contributed by atoms with E-state index in [1.54, 1.807) is 5.38 Å². The largest absolute Gasteiger partial charge is 0.416 e. The molecule has 0 saturated carbocycles. The van der Waals surface area contributed by atoms with Crippen LogP contribution < -0.4 is 10.6 Å². The fourth-order valence-corrected chi connectivity index (χ4v) is 3.29. The zero-order chi connectivity index (χ0) is 17.2. The van der Waals surface area contributed by atoms with Gasteiger partial charge >= 0.3 is 6.18 Å². The van der Waals surface area contributed by atoms with Crippen molar-refractivity contribution >= 4 is 17.2 Å². The third-order valence-electron chi connectivity index (χ3n) is 3.85. The summed E-state index contributed by atoms with van der Waals surface area (Å²) in [6.45, 7) is 1.18. The van der Waals surface area contributed by atoms with Gasteiger partial charge in [0.25, 0.3) is 0 Å².